The number of fused-ring (bicyclic) bond motifs is 1. The molecule has 2 aliphatic heterocycles. The van der Waals surface area contributed by atoms with Gasteiger partial charge in [-0.3, -0.25) is 9.59 Å². The van der Waals surface area contributed by atoms with Crippen molar-refractivity contribution in [1.82, 2.24) is 20.6 Å². The zero-order valence-corrected chi connectivity index (χ0v) is 25.0. The third-order valence-corrected chi connectivity index (χ3v) is 9.02. The molecule has 1 aliphatic carbocycles. The minimum atomic E-state index is -0.678. The van der Waals surface area contributed by atoms with E-state index >= 15 is 0 Å². The third kappa shape index (κ3) is 5.62. The molecule has 4 N–H and O–H groups in total. The fourth-order valence-electron chi connectivity index (χ4n) is 6.70. The Kier molecular flexibility index (Phi) is 9.14. The summed E-state index contributed by atoms with van der Waals surface area (Å²) in [7, 11) is 4.95. The third-order valence-electron chi connectivity index (χ3n) is 9.02. The molecule has 1 aromatic carbocycles. The van der Waals surface area contributed by atoms with Gasteiger partial charge in [-0.15, -0.1) is 0 Å². The molecule has 12 heteroatoms. The monoisotopic (exact) mass is 581 g/mol. The second kappa shape index (κ2) is 12.8. The number of likely N-dealkylation sites (N-methyl/N-ethyl adjacent to an activating group) is 1. The molecule has 2 amide bonds. The van der Waals surface area contributed by atoms with Crippen molar-refractivity contribution in [2.75, 3.05) is 56.1 Å². The molecule has 3 atom stereocenters. The Labute approximate surface area is 247 Å². The first kappa shape index (κ1) is 30.0. The van der Waals surface area contributed by atoms with E-state index < -0.39 is 5.54 Å². The molecule has 228 valence electrons. The van der Waals surface area contributed by atoms with Crippen LogP contribution in [-0.2, 0) is 9.53 Å². The first-order chi connectivity index (χ1) is 20.4. The van der Waals surface area contributed by atoms with E-state index in [-0.39, 0.29) is 36.6 Å². The second-order valence-electron chi connectivity index (χ2n) is 11.4. The number of piperidine rings is 1. The second-order valence-corrected chi connectivity index (χ2v) is 11.4. The Morgan fingerprint density at radius 3 is 2.74 bits per heavy atom. The summed E-state index contributed by atoms with van der Waals surface area (Å²) in [4.78, 5) is 39.9. The molecule has 12 nitrogen and oxygen atoms in total. The molecule has 3 aliphatic rings. The minimum absolute atomic E-state index is 0.0613. The van der Waals surface area contributed by atoms with E-state index in [0.29, 0.717) is 61.0 Å². The zero-order valence-electron chi connectivity index (χ0n) is 25.0. The summed E-state index contributed by atoms with van der Waals surface area (Å²) in [6.07, 6.45) is 7.53. The predicted octanol–water partition coefficient (Wildman–Crippen LogP) is 2.59. The lowest BCUT2D eigenvalue weighted by Gasteiger charge is -2.44. The Morgan fingerprint density at radius 2 is 2.05 bits per heavy atom. The van der Waals surface area contributed by atoms with Crippen LogP contribution in [-0.4, -0.2) is 91.6 Å². The molecule has 1 saturated carbocycles. The van der Waals surface area contributed by atoms with Gasteiger partial charge in [0.1, 0.15) is 17.5 Å². The highest BCUT2D eigenvalue weighted by Crippen LogP contribution is 2.40. The molecule has 0 bridgehead atoms. The van der Waals surface area contributed by atoms with E-state index in [0.717, 1.165) is 31.5 Å². The molecule has 2 aromatic rings. The van der Waals surface area contributed by atoms with E-state index in [2.05, 4.69) is 25.8 Å². The number of nitrogens with zero attached hydrogens (tertiary/aromatic N) is 4. The van der Waals surface area contributed by atoms with Crippen molar-refractivity contribution in [3.63, 3.8) is 0 Å². The van der Waals surface area contributed by atoms with Crippen LogP contribution in [0.25, 0.3) is 0 Å². The molecule has 42 heavy (non-hydrogen) atoms. The van der Waals surface area contributed by atoms with E-state index in [1.54, 1.807) is 50.6 Å². The van der Waals surface area contributed by atoms with Gasteiger partial charge < -0.3 is 40.3 Å². The van der Waals surface area contributed by atoms with Crippen LogP contribution in [0.5, 0.6) is 5.75 Å². The van der Waals surface area contributed by atoms with Gasteiger partial charge >= 0.3 is 0 Å². The van der Waals surface area contributed by atoms with Crippen molar-refractivity contribution in [3.8, 4) is 5.75 Å². The Hall–Kier alpha value is -3.48. The molecular weight excluding hydrogens is 538 g/mol. The van der Waals surface area contributed by atoms with E-state index in [4.69, 9.17) is 14.5 Å². The van der Waals surface area contributed by atoms with Gasteiger partial charge in [-0.1, -0.05) is 19.8 Å². The highest BCUT2D eigenvalue weighted by atomic mass is 16.5. The number of hydrogen-bond donors (Lipinski definition) is 4. The predicted molar refractivity (Wildman–Crippen MR) is 161 cm³/mol. The molecule has 2 fully saturated rings. The number of aliphatic hydroxyl groups is 1. The van der Waals surface area contributed by atoms with Gasteiger partial charge in [0.15, 0.2) is 5.82 Å². The molecular formula is C30H43N7O5. The summed E-state index contributed by atoms with van der Waals surface area (Å²) in [6.45, 7) is 3.28. The van der Waals surface area contributed by atoms with E-state index in [1.807, 2.05) is 6.92 Å². The van der Waals surface area contributed by atoms with Crippen molar-refractivity contribution in [2.24, 2.45) is 0 Å². The standard InChI is InChI=1S/C30H43N7O5/c1-5-22-28(40)36(2)23-17-32-29(34-26(23)37(22)20-8-6-7-9-20)33-21-11-10-19(16-24(21)41-3)27(39)35-30(13-15-38)12-14-31-18-25(30)42-4/h10-11,16-17,20,22,25,31,38H,5-9,12-15,18H2,1-4H3,(H,35,39)(H,32,33,34)/t22-,25?,30?/m1/s1. The lowest BCUT2D eigenvalue weighted by atomic mass is 9.82. The summed E-state index contributed by atoms with van der Waals surface area (Å²) < 4.78 is 11.3. The Balaban J connectivity index is 1.40. The van der Waals surface area contributed by atoms with Gasteiger partial charge in [-0.05, 0) is 56.8 Å². The van der Waals surface area contributed by atoms with Gasteiger partial charge in [-0.2, -0.15) is 4.98 Å². The number of benzene rings is 1. The smallest absolute Gasteiger partial charge is 0.251 e. The topological polar surface area (TPSA) is 141 Å². The quantitative estimate of drug-likeness (QED) is 0.331. The fraction of sp³-hybridized carbons (Fsp3) is 0.600. The first-order valence-electron chi connectivity index (χ1n) is 14.9. The number of carbonyl (C=O) groups excluding carboxylic acids is 2. The van der Waals surface area contributed by atoms with Crippen molar-refractivity contribution in [3.05, 3.63) is 30.0 Å². The van der Waals surface area contributed by atoms with Crippen LogP contribution in [0.3, 0.4) is 0 Å². The number of nitrogens with one attached hydrogen (secondary N) is 3. The van der Waals surface area contributed by atoms with Crippen LogP contribution in [0.2, 0.25) is 0 Å². The molecule has 3 heterocycles. The van der Waals surface area contributed by atoms with Gasteiger partial charge in [0.25, 0.3) is 5.91 Å². The SMILES string of the molecule is CC[C@@H]1C(=O)N(C)c2cnc(Nc3ccc(C(=O)NC4(CCO)CCNCC4OC)cc3OC)nc2N1C1CCCC1. The number of ether oxygens (including phenoxy) is 2. The van der Waals surface area contributed by atoms with Gasteiger partial charge in [0.05, 0.1) is 30.6 Å². The maximum Gasteiger partial charge on any atom is 0.251 e. The minimum Gasteiger partial charge on any atom is -0.495 e. The van der Waals surface area contributed by atoms with Crippen LogP contribution < -0.4 is 30.5 Å². The summed E-state index contributed by atoms with van der Waals surface area (Å²) in [5.41, 5.74) is 1.05. The van der Waals surface area contributed by atoms with Crippen molar-refractivity contribution < 1.29 is 24.2 Å². The normalized spacial score (nSPS) is 24.5. The van der Waals surface area contributed by atoms with Crippen molar-refractivity contribution in [1.29, 1.82) is 0 Å². The summed E-state index contributed by atoms with van der Waals surface area (Å²) in [5.74, 6) is 1.39. The highest BCUT2D eigenvalue weighted by molar-refractivity contribution is 6.04. The van der Waals surface area contributed by atoms with Crippen LogP contribution in [0.4, 0.5) is 23.1 Å². The summed E-state index contributed by atoms with van der Waals surface area (Å²) >= 11 is 0. The lowest BCUT2D eigenvalue weighted by molar-refractivity contribution is -0.120. The number of rotatable bonds is 10. The number of carbonyl (C=O) groups is 2. The Morgan fingerprint density at radius 1 is 1.26 bits per heavy atom. The van der Waals surface area contributed by atoms with Gasteiger partial charge in [-0.25, -0.2) is 4.98 Å². The summed E-state index contributed by atoms with van der Waals surface area (Å²) in [6, 6.07) is 5.18. The van der Waals surface area contributed by atoms with Crippen LogP contribution >= 0.6 is 0 Å². The van der Waals surface area contributed by atoms with Crippen molar-refractivity contribution >= 4 is 35.0 Å². The highest BCUT2D eigenvalue weighted by Gasteiger charge is 2.43. The maximum absolute atomic E-state index is 13.4. The van der Waals surface area contributed by atoms with Crippen LogP contribution in [0, 0.1) is 0 Å². The maximum atomic E-state index is 13.4. The number of methoxy groups -OCH3 is 2. The average molecular weight is 582 g/mol. The number of aromatic nitrogens is 2. The molecule has 1 aromatic heterocycles. The lowest BCUT2D eigenvalue weighted by Crippen LogP contribution is -2.64. The Bertz CT molecular complexity index is 1280. The number of anilines is 4. The number of aliphatic hydroxyl groups excluding tert-OH is 1. The summed E-state index contributed by atoms with van der Waals surface area (Å²) in [5, 5.41) is 19.5. The number of amides is 2. The molecule has 0 radical (unpaired) electrons. The van der Waals surface area contributed by atoms with Crippen molar-refractivity contribution in [2.45, 2.75) is 75.6 Å². The number of hydrogen-bond acceptors (Lipinski definition) is 10. The van der Waals surface area contributed by atoms with Gasteiger partial charge in [0.2, 0.25) is 11.9 Å². The largest absolute Gasteiger partial charge is 0.495 e. The average Bonchev–Trinajstić information content (AvgIpc) is 3.54. The molecule has 1 saturated heterocycles. The van der Waals surface area contributed by atoms with Crippen LogP contribution in [0.15, 0.2) is 24.4 Å². The first-order valence-corrected chi connectivity index (χ1v) is 14.9. The van der Waals surface area contributed by atoms with E-state index in [9.17, 15) is 14.7 Å². The van der Waals surface area contributed by atoms with Gasteiger partial charge in [0, 0.05) is 38.9 Å². The zero-order chi connectivity index (χ0) is 29.9. The molecule has 0 spiro atoms. The van der Waals surface area contributed by atoms with E-state index in [1.165, 1.54) is 0 Å². The van der Waals surface area contributed by atoms with Crippen LogP contribution in [0.1, 0.15) is 62.2 Å². The molecule has 2 unspecified atom stereocenters. The fourth-order valence-corrected chi connectivity index (χ4v) is 6.70. The molecule has 5 rings (SSSR count).